The Morgan fingerprint density at radius 2 is 1.77 bits per heavy atom. The van der Waals surface area contributed by atoms with Crippen LogP contribution in [0.3, 0.4) is 0 Å². The largest absolute Gasteiger partial charge is 0.351 e. The van der Waals surface area contributed by atoms with Crippen molar-refractivity contribution in [2.24, 2.45) is 0 Å². The van der Waals surface area contributed by atoms with Crippen molar-refractivity contribution in [2.45, 2.75) is 88.9 Å². The second-order valence-corrected chi connectivity index (χ2v) is 10.5. The van der Waals surface area contributed by atoms with Crippen LogP contribution in [0.15, 0.2) is 30.3 Å². The highest BCUT2D eigenvalue weighted by molar-refractivity contribution is 6.01. The number of hydrogen-bond acceptors (Lipinski definition) is 4. The third-order valence-corrected chi connectivity index (χ3v) is 8.09. The van der Waals surface area contributed by atoms with E-state index in [-0.39, 0.29) is 42.0 Å². The van der Waals surface area contributed by atoms with E-state index in [4.69, 9.17) is 0 Å². The van der Waals surface area contributed by atoms with Crippen molar-refractivity contribution in [3.05, 3.63) is 52.8 Å². The third kappa shape index (κ3) is 4.46. The maximum absolute atomic E-state index is 13.4. The molecule has 2 aromatic rings. The minimum absolute atomic E-state index is 0.0693. The van der Waals surface area contributed by atoms with Gasteiger partial charge in [-0.1, -0.05) is 49.9 Å². The summed E-state index contributed by atoms with van der Waals surface area (Å²) < 4.78 is 1.53. The number of likely N-dealkylation sites (N-methyl/N-ethyl adjacent to an activating group) is 1. The molecule has 8 nitrogen and oxygen atoms in total. The van der Waals surface area contributed by atoms with Gasteiger partial charge in [-0.2, -0.15) is 5.10 Å². The Kier molecular flexibility index (Phi) is 6.38. The Hall–Kier alpha value is -3.16. The minimum atomic E-state index is -1.07. The molecule has 0 saturated heterocycles. The topological polar surface area (TPSA) is 96.3 Å². The number of aromatic nitrogens is 2. The Morgan fingerprint density at radius 3 is 2.54 bits per heavy atom. The number of amides is 3. The second-order valence-electron chi connectivity index (χ2n) is 10.5. The number of rotatable bonds is 4. The predicted molar refractivity (Wildman–Crippen MR) is 132 cm³/mol. The Labute approximate surface area is 206 Å². The van der Waals surface area contributed by atoms with Crippen molar-refractivity contribution in [2.75, 3.05) is 7.05 Å². The quantitative estimate of drug-likeness (QED) is 0.660. The molecular formula is C27H35N5O3. The van der Waals surface area contributed by atoms with Crippen molar-refractivity contribution in [1.82, 2.24) is 25.3 Å². The number of hydrogen-bond donors (Lipinski definition) is 2. The number of nitrogens with zero attached hydrogens (tertiary/aromatic N) is 3. The van der Waals surface area contributed by atoms with E-state index in [9.17, 15) is 14.4 Å². The summed E-state index contributed by atoms with van der Waals surface area (Å²) in [5.74, 6) is -0.760. The summed E-state index contributed by atoms with van der Waals surface area (Å²) in [6, 6.07) is 9.81. The standard InChI is InChI=1S/C27H35N5O3/c1-27(26(35)28-19-12-5-3-4-6-13-19)17-32-23(25(34)31(27)2)16-22(30-32)24(33)29-21-15-9-11-18-10-7-8-14-20(18)21/h7-8,10,14,16,19,21H,3-6,9,11-13,15,17H2,1-2H3,(H,28,35)(H,29,33)/t21-,27-/m0/s1. The lowest BCUT2D eigenvalue weighted by molar-refractivity contribution is -0.133. The lowest BCUT2D eigenvalue weighted by Crippen LogP contribution is -2.63. The van der Waals surface area contributed by atoms with Gasteiger partial charge in [-0.25, -0.2) is 0 Å². The van der Waals surface area contributed by atoms with Crippen LogP contribution in [0.2, 0.25) is 0 Å². The maximum Gasteiger partial charge on any atom is 0.272 e. The molecule has 3 amide bonds. The average molecular weight is 478 g/mol. The molecule has 2 heterocycles. The van der Waals surface area contributed by atoms with Gasteiger partial charge in [0.15, 0.2) is 5.69 Å². The molecule has 1 saturated carbocycles. The maximum atomic E-state index is 13.4. The van der Waals surface area contributed by atoms with Crippen LogP contribution in [0.4, 0.5) is 0 Å². The summed E-state index contributed by atoms with van der Waals surface area (Å²) >= 11 is 0. The van der Waals surface area contributed by atoms with E-state index >= 15 is 0 Å². The first-order valence-corrected chi connectivity index (χ1v) is 12.9. The van der Waals surface area contributed by atoms with Crippen LogP contribution in [-0.2, 0) is 17.8 Å². The zero-order chi connectivity index (χ0) is 24.6. The van der Waals surface area contributed by atoms with E-state index in [2.05, 4.69) is 27.9 Å². The molecule has 1 aromatic carbocycles. The van der Waals surface area contributed by atoms with Crippen LogP contribution in [0.1, 0.15) is 96.4 Å². The van der Waals surface area contributed by atoms with Gasteiger partial charge < -0.3 is 15.5 Å². The van der Waals surface area contributed by atoms with Gasteiger partial charge in [-0.3, -0.25) is 19.1 Å². The molecule has 186 valence electrons. The van der Waals surface area contributed by atoms with Gasteiger partial charge in [0.1, 0.15) is 11.2 Å². The predicted octanol–water partition coefficient (Wildman–Crippen LogP) is 3.37. The fourth-order valence-electron chi connectivity index (χ4n) is 5.74. The molecule has 3 aliphatic rings. The number of fused-ring (bicyclic) bond motifs is 2. The molecule has 0 unspecified atom stereocenters. The van der Waals surface area contributed by atoms with E-state index in [1.54, 1.807) is 20.0 Å². The van der Waals surface area contributed by atoms with Gasteiger partial charge >= 0.3 is 0 Å². The summed E-state index contributed by atoms with van der Waals surface area (Å²) in [4.78, 5) is 41.2. The van der Waals surface area contributed by atoms with Gasteiger partial charge in [-0.15, -0.1) is 0 Å². The molecule has 2 N–H and O–H groups in total. The average Bonchev–Trinajstić information content (AvgIpc) is 3.11. The highest BCUT2D eigenvalue weighted by Crippen LogP contribution is 2.30. The van der Waals surface area contributed by atoms with Gasteiger partial charge in [0.25, 0.3) is 11.8 Å². The van der Waals surface area contributed by atoms with E-state index in [1.165, 1.54) is 28.0 Å². The smallest absolute Gasteiger partial charge is 0.272 e. The summed E-state index contributed by atoms with van der Waals surface area (Å²) in [5, 5.41) is 10.8. The second kappa shape index (κ2) is 9.47. The molecule has 2 aliphatic carbocycles. The molecule has 0 bridgehead atoms. The molecule has 1 fully saturated rings. The summed E-state index contributed by atoms with van der Waals surface area (Å²) in [6.45, 7) is 1.99. The van der Waals surface area contributed by atoms with Crippen molar-refractivity contribution in [3.63, 3.8) is 0 Å². The highest BCUT2D eigenvalue weighted by Gasteiger charge is 2.46. The van der Waals surface area contributed by atoms with E-state index in [1.807, 2.05) is 12.1 Å². The Bertz CT molecular complexity index is 1130. The minimum Gasteiger partial charge on any atom is -0.351 e. The molecule has 0 radical (unpaired) electrons. The molecule has 1 aromatic heterocycles. The van der Waals surface area contributed by atoms with Crippen molar-refractivity contribution >= 4 is 17.7 Å². The number of carbonyl (C=O) groups is 3. The fraction of sp³-hybridized carbons (Fsp3) is 0.556. The van der Waals surface area contributed by atoms with Gasteiger partial charge in [-0.05, 0) is 50.2 Å². The normalized spacial score (nSPS) is 24.8. The molecule has 5 rings (SSSR count). The summed E-state index contributed by atoms with van der Waals surface area (Å²) in [6.07, 6.45) is 9.49. The SMILES string of the molecule is CN1C(=O)c2cc(C(=O)N[C@H]3CCCc4ccccc43)nn2C[C@@]1(C)C(=O)NC1CCCCCC1. The van der Waals surface area contributed by atoms with E-state index in [0.29, 0.717) is 5.69 Å². The van der Waals surface area contributed by atoms with E-state index in [0.717, 1.165) is 50.5 Å². The first kappa shape index (κ1) is 23.6. The van der Waals surface area contributed by atoms with Gasteiger partial charge in [0, 0.05) is 19.2 Å². The monoisotopic (exact) mass is 477 g/mol. The number of nitrogens with one attached hydrogen (secondary N) is 2. The van der Waals surface area contributed by atoms with Crippen molar-refractivity contribution < 1.29 is 14.4 Å². The van der Waals surface area contributed by atoms with Crippen LogP contribution in [0, 0.1) is 0 Å². The highest BCUT2D eigenvalue weighted by atomic mass is 16.2. The van der Waals surface area contributed by atoms with Crippen LogP contribution >= 0.6 is 0 Å². The lowest BCUT2D eigenvalue weighted by atomic mass is 9.87. The third-order valence-electron chi connectivity index (χ3n) is 8.09. The van der Waals surface area contributed by atoms with E-state index < -0.39 is 5.54 Å². The van der Waals surface area contributed by atoms with Gasteiger partial charge in [0.2, 0.25) is 5.91 Å². The Morgan fingerprint density at radius 1 is 1.03 bits per heavy atom. The lowest BCUT2D eigenvalue weighted by Gasteiger charge is -2.41. The first-order chi connectivity index (χ1) is 16.9. The Balaban J connectivity index is 1.33. The fourth-order valence-corrected chi connectivity index (χ4v) is 5.74. The molecule has 2 atom stereocenters. The van der Waals surface area contributed by atoms with Crippen LogP contribution < -0.4 is 10.6 Å². The van der Waals surface area contributed by atoms with Gasteiger partial charge in [0.05, 0.1) is 12.6 Å². The molecule has 8 heteroatoms. The molecule has 1 aliphatic heterocycles. The zero-order valence-electron chi connectivity index (χ0n) is 20.7. The van der Waals surface area contributed by atoms with Crippen LogP contribution in [0.25, 0.3) is 0 Å². The molecule has 35 heavy (non-hydrogen) atoms. The van der Waals surface area contributed by atoms with Crippen molar-refractivity contribution in [1.29, 1.82) is 0 Å². The summed E-state index contributed by atoms with van der Waals surface area (Å²) in [5.41, 5.74) is 1.88. The summed E-state index contributed by atoms with van der Waals surface area (Å²) in [7, 11) is 1.66. The molecule has 0 spiro atoms. The number of carbonyl (C=O) groups excluding carboxylic acids is 3. The van der Waals surface area contributed by atoms with Crippen LogP contribution in [-0.4, -0.2) is 51.0 Å². The molecular weight excluding hydrogens is 442 g/mol. The van der Waals surface area contributed by atoms with Crippen molar-refractivity contribution in [3.8, 4) is 0 Å². The van der Waals surface area contributed by atoms with Crippen LogP contribution in [0.5, 0.6) is 0 Å². The zero-order valence-corrected chi connectivity index (χ0v) is 20.7. The first-order valence-electron chi connectivity index (χ1n) is 12.9. The number of aryl methyl sites for hydroxylation is 1. The number of benzene rings is 1.